The molecule has 0 saturated heterocycles. The normalized spacial score (nSPS) is 11.6. The molecule has 0 atom stereocenters. The van der Waals surface area contributed by atoms with Crippen molar-refractivity contribution in [3.8, 4) is 0 Å². The largest absolute Gasteiger partial charge is 0.399 e. The average molecular weight is 248 g/mol. The smallest absolute Gasteiger partial charge is 0.238 e. The van der Waals surface area contributed by atoms with Crippen LogP contribution in [0.4, 0.5) is 5.69 Å². The van der Waals surface area contributed by atoms with Crippen molar-refractivity contribution in [1.82, 2.24) is 4.98 Å². The molecule has 0 fully saturated rings. The molecule has 4 aromatic rings. The molecule has 3 nitrogen and oxygen atoms in total. The van der Waals surface area contributed by atoms with Crippen LogP contribution in [0, 0.1) is 0 Å². The van der Waals surface area contributed by atoms with Crippen molar-refractivity contribution in [1.29, 1.82) is 0 Å². The molecular formula is C16H14N3+. The first-order chi connectivity index (χ1) is 9.24. The molecule has 2 aromatic carbocycles. The van der Waals surface area contributed by atoms with E-state index in [-0.39, 0.29) is 0 Å². The van der Waals surface area contributed by atoms with Crippen LogP contribution in [0.15, 0.2) is 48.5 Å². The predicted octanol–water partition coefficient (Wildman–Crippen LogP) is 2.88. The van der Waals surface area contributed by atoms with Gasteiger partial charge in [0.15, 0.2) is 0 Å². The summed E-state index contributed by atoms with van der Waals surface area (Å²) in [4.78, 5) is 3.46. The number of anilines is 1. The van der Waals surface area contributed by atoms with E-state index >= 15 is 0 Å². The third-order valence-corrected chi connectivity index (χ3v) is 3.76. The van der Waals surface area contributed by atoms with Crippen molar-refractivity contribution in [3.63, 3.8) is 0 Å². The molecule has 0 aliphatic rings. The van der Waals surface area contributed by atoms with Crippen molar-refractivity contribution < 1.29 is 4.57 Å². The summed E-state index contributed by atoms with van der Waals surface area (Å²) in [5, 5.41) is 2.40. The number of fused-ring (bicyclic) bond motifs is 4. The lowest BCUT2D eigenvalue weighted by Crippen LogP contribution is -2.29. The number of nitrogens with two attached hydrogens (primary N) is 1. The van der Waals surface area contributed by atoms with Gasteiger partial charge in [-0.25, -0.2) is 0 Å². The van der Waals surface area contributed by atoms with E-state index in [4.69, 9.17) is 5.73 Å². The minimum atomic E-state index is 0.793. The lowest BCUT2D eigenvalue weighted by Gasteiger charge is -1.98. The van der Waals surface area contributed by atoms with Gasteiger partial charge in [-0.15, -0.1) is 0 Å². The summed E-state index contributed by atoms with van der Waals surface area (Å²) in [6.45, 7) is 0. The van der Waals surface area contributed by atoms with Crippen molar-refractivity contribution in [2.75, 3.05) is 5.73 Å². The van der Waals surface area contributed by atoms with Crippen molar-refractivity contribution in [2.45, 2.75) is 0 Å². The summed E-state index contributed by atoms with van der Waals surface area (Å²) >= 11 is 0. The van der Waals surface area contributed by atoms with Crippen LogP contribution in [0.1, 0.15) is 0 Å². The van der Waals surface area contributed by atoms with Gasteiger partial charge in [0, 0.05) is 17.1 Å². The average Bonchev–Trinajstić information content (AvgIpc) is 2.76. The summed E-state index contributed by atoms with van der Waals surface area (Å²) < 4.78 is 2.23. The summed E-state index contributed by atoms with van der Waals surface area (Å²) in [7, 11) is 2.10. The summed E-state index contributed by atoms with van der Waals surface area (Å²) in [5.74, 6) is 0. The first kappa shape index (κ1) is 10.4. The number of nitrogens with one attached hydrogen (secondary N) is 1. The van der Waals surface area contributed by atoms with E-state index in [1.54, 1.807) is 0 Å². The third-order valence-electron chi connectivity index (χ3n) is 3.76. The van der Waals surface area contributed by atoms with Crippen LogP contribution in [0.3, 0.4) is 0 Å². The number of hydrogen-bond donors (Lipinski definition) is 2. The van der Waals surface area contributed by atoms with E-state index in [1.807, 2.05) is 18.2 Å². The van der Waals surface area contributed by atoms with E-state index in [9.17, 15) is 0 Å². The number of para-hydroxylation sites is 1. The highest BCUT2D eigenvalue weighted by Crippen LogP contribution is 2.26. The Labute approximate surface area is 110 Å². The van der Waals surface area contributed by atoms with Gasteiger partial charge < -0.3 is 10.7 Å². The Morgan fingerprint density at radius 1 is 1.00 bits per heavy atom. The number of rotatable bonds is 0. The Balaban J connectivity index is 2.31. The quantitative estimate of drug-likeness (QED) is 0.365. The fraction of sp³-hybridized carbons (Fsp3) is 0.0625. The zero-order chi connectivity index (χ0) is 13.0. The number of benzene rings is 2. The van der Waals surface area contributed by atoms with Crippen LogP contribution in [0.25, 0.3) is 32.8 Å². The van der Waals surface area contributed by atoms with Gasteiger partial charge in [-0.1, -0.05) is 12.1 Å². The maximum absolute atomic E-state index is 5.91. The van der Waals surface area contributed by atoms with Gasteiger partial charge >= 0.3 is 0 Å². The predicted molar refractivity (Wildman–Crippen MR) is 78.9 cm³/mol. The summed E-state index contributed by atoms with van der Waals surface area (Å²) in [5.41, 5.74) is 11.4. The third kappa shape index (κ3) is 1.35. The Kier molecular flexibility index (Phi) is 1.90. The Hall–Kier alpha value is -2.55. The molecule has 2 aromatic heterocycles. The SMILES string of the molecule is C[n+]1c2ccccc2cc2[nH]c3ccc(N)cc3c21. The molecule has 3 heteroatoms. The monoisotopic (exact) mass is 248 g/mol. The van der Waals surface area contributed by atoms with E-state index in [1.165, 1.54) is 21.8 Å². The number of aromatic nitrogens is 2. The zero-order valence-corrected chi connectivity index (χ0v) is 10.6. The Bertz CT molecular complexity index is 935. The second kappa shape index (κ2) is 3.48. The maximum Gasteiger partial charge on any atom is 0.238 e. The highest BCUT2D eigenvalue weighted by atomic mass is 15.0. The molecule has 0 radical (unpaired) electrons. The topological polar surface area (TPSA) is 45.7 Å². The van der Waals surface area contributed by atoms with E-state index in [0.29, 0.717) is 0 Å². The molecule has 0 unspecified atom stereocenters. The maximum atomic E-state index is 5.91. The van der Waals surface area contributed by atoms with E-state index in [0.717, 1.165) is 16.7 Å². The number of H-pyrrole nitrogens is 1. The summed E-state index contributed by atoms with van der Waals surface area (Å²) in [6.07, 6.45) is 0. The molecule has 0 aliphatic heterocycles. The number of nitrogens with zero attached hydrogens (tertiary/aromatic N) is 1. The molecule has 92 valence electrons. The van der Waals surface area contributed by atoms with Crippen molar-refractivity contribution in [3.05, 3.63) is 48.5 Å². The molecule has 0 saturated carbocycles. The van der Waals surface area contributed by atoms with Crippen LogP contribution in [0.2, 0.25) is 0 Å². The number of hydrogen-bond acceptors (Lipinski definition) is 1. The van der Waals surface area contributed by atoms with Gasteiger partial charge in [0.1, 0.15) is 12.6 Å². The fourth-order valence-electron chi connectivity index (χ4n) is 2.87. The lowest BCUT2D eigenvalue weighted by molar-refractivity contribution is -0.616. The first-order valence-electron chi connectivity index (χ1n) is 6.33. The number of pyridine rings is 1. The van der Waals surface area contributed by atoms with Gasteiger partial charge in [0.05, 0.1) is 10.9 Å². The van der Waals surface area contributed by atoms with Crippen LogP contribution in [-0.4, -0.2) is 4.98 Å². The molecule has 3 N–H and O–H groups in total. The number of nitrogen functional groups attached to an aromatic ring is 1. The van der Waals surface area contributed by atoms with Gasteiger partial charge in [0.2, 0.25) is 11.0 Å². The molecule has 4 rings (SSSR count). The zero-order valence-electron chi connectivity index (χ0n) is 10.6. The Morgan fingerprint density at radius 3 is 2.74 bits per heavy atom. The standard InChI is InChI=1S/C16H13N3/c1-19-15-5-3-2-4-10(15)8-14-16(19)12-9-11(17)6-7-13(12)18-14/h2-9H,17H2,1H3/p+1. The van der Waals surface area contributed by atoms with Crippen LogP contribution in [-0.2, 0) is 7.05 Å². The second-order valence-electron chi connectivity index (χ2n) is 4.95. The van der Waals surface area contributed by atoms with Crippen molar-refractivity contribution in [2.24, 2.45) is 7.05 Å². The molecule has 19 heavy (non-hydrogen) atoms. The molecule has 2 heterocycles. The summed E-state index contributed by atoms with van der Waals surface area (Å²) in [6, 6.07) is 16.6. The molecule has 0 spiro atoms. The Morgan fingerprint density at radius 2 is 1.84 bits per heavy atom. The van der Waals surface area contributed by atoms with Crippen LogP contribution in [0.5, 0.6) is 0 Å². The fourth-order valence-corrected chi connectivity index (χ4v) is 2.87. The van der Waals surface area contributed by atoms with Gasteiger partial charge in [-0.2, -0.15) is 4.57 Å². The van der Waals surface area contributed by atoms with Crippen molar-refractivity contribution >= 4 is 38.5 Å². The first-order valence-corrected chi connectivity index (χ1v) is 6.33. The molecule has 0 amide bonds. The minimum Gasteiger partial charge on any atom is -0.399 e. The van der Waals surface area contributed by atoms with Gasteiger partial charge in [-0.05, 0) is 30.3 Å². The highest BCUT2D eigenvalue weighted by Gasteiger charge is 2.16. The molecule has 0 aliphatic carbocycles. The highest BCUT2D eigenvalue weighted by molar-refractivity contribution is 6.06. The molecule has 0 bridgehead atoms. The van der Waals surface area contributed by atoms with E-state index in [2.05, 4.69) is 46.9 Å². The molecular weight excluding hydrogens is 234 g/mol. The van der Waals surface area contributed by atoms with Crippen LogP contribution < -0.4 is 10.3 Å². The minimum absolute atomic E-state index is 0.793. The van der Waals surface area contributed by atoms with E-state index < -0.39 is 0 Å². The second-order valence-corrected chi connectivity index (χ2v) is 4.95. The number of aromatic amines is 1. The number of aryl methyl sites for hydroxylation is 1. The van der Waals surface area contributed by atoms with Crippen LogP contribution >= 0.6 is 0 Å². The van der Waals surface area contributed by atoms with Gasteiger partial charge in [-0.3, -0.25) is 0 Å². The van der Waals surface area contributed by atoms with Gasteiger partial charge in [0.25, 0.3) is 0 Å². The lowest BCUT2D eigenvalue weighted by atomic mass is 10.1.